The highest BCUT2D eigenvalue weighted by Crippen LogP contribution is 2.43. The molecule has 10 heteroatoms. The topological polar surface area (TPSA) is 108 Å². The number of allylic oxidation sites excluding steroid dienone is 22. The maximum Gasteiger partial charge on any atom is 0.472 e. The minimum absolute atomic E-state index is 0.0203. The minimum atomic E-state index is -4.40. The lowest BCUT2D eigenvalue weighted by Gasteiger charge is -2.24. The monoisotopic (exact) mass is 1080 g/mol. The molecule has 76 heavy (non-hydrogen) atoms. The third-order valence-electron chi connectivity index (χ3n) is 12.2. The first kappa shape index (κ1) is 72.2. The zero-order chi connectivity index (χ0) is 55.6. The third kappa shape index (κ3) is 59.4. The summed E-state index contributed by atoms with van der Waals surface area (Å²) in [5.74, 6) is -0.830. The molecule has 0 heterocycles. The summed E-state index contributed by atoms with van der Waals surface area (Å²) >= 11 is 0. The molecule has 0 aliphatic rings. The fraction of sp³-hybridized carbons (Fsp3) is 0.636. The molecule has 1 N–H and O–H groups in total. The van der Waals surface area contributed by atoms with Crippen molar-refractivity contribution in [3.05, 3.63) is 134 Å². The van der Waals surface area contributed by atoms with Crippen molar-refractivity contribution < 1.29 is 42.1 Å². The lowest BCUT2D eigenvalue weighted by molar-refractivity contribution is -0.870. The van der Waals surface area contributed by atoms with Crippen molar-refractivity contribution in [3.8, 4) is 0 Å². The Morgan fingerprint density at radius 3 is 1.12 bits per heavy atom. The molecule has 0 aliphatic heterocycles. The Balaban J connectivity index is 4.22. The van der Waals surface area contributed by atoms with E-state index in [1.54, 1.807) is 0 Å². The van der Waals surface area contributed by atoms with Crippen molar-refractivity contribution >= 4 is 19.8 Å². The molecule has 0 aromatic rings. The molecule has 0 aliphatic carbocycles. The van der Waals surface area contributed by atoms with Crippen LogP contribution >= 0.6 is 7.82 Å². The Bertz CT molecular complexity index is 1740. The van der Waals surface area contributed by atoms with Crippen molar-refractivity contribution in [2.75, 3.05) is 47.5 Å². The highest BCUT2D eigenvalue weighted by molar-refractivity contribution is 7.47. The molecule has 0 aromatic heterocycles. The SMILES string of the molecule is CC/C=C\C/C=C\C/C=C\C/C=C\C/C=C\C/C=C\C/C=C\C/C=C\CCCCCCCCCCC(=O)OC(COC(=O)CCCCCCCC/C=C\C/C=C\C/C=C\CCCCC)COP(=O)(O)OCC[N+](C)(C)C. The van der Waals surface area contributed by atoms with Crippen LogP contribution in [0.5, 0.6) is 0 Å². The Labute approximate surface area is 466 Å². The summed E-state index contributed by atoms with van der Waals surface area (Å²) in [6.07, 6.45) is 80.9. The van der Waals surface area contributed by atoms with Crippen molar-refractivity contribution in [3.63, 3.8) is 0 Å². The fourth-order valence-corrected chi connectivity index (χ4v) is 8.31. The second-order valence-corrected chi connectivity index (χ2v) is 22.1. The van der Waals surface area contributed by atoms with Gasteiger partial charge in [0.1, 0.15) is 19.8 Å². The molecule has 0 fully saturated rings. The summed E-state index contributed by atoms with van der Waals surface area (Å²) in [6, 6.07) is 0. The van der Waals surface area contributed by atoms with E-state index in [0.717, 1.165) is 122 Å². The highest BCUT2D eigenvalue weighted by Gasteiger charge is 2.27. The van der Waals surface area contributed by atoms with Gasteiger partial charge in [0.25, 0.3) is 0 Å². The van der Waals surface area contributed by atoms with Gasteiger partial charge >= 0.3 is 19.8 Å². The van der Waals surface area contributed by atoms with Gasteiger partial charge in [0, 0.05) is 12.8 Å². The van der Waals surface area contributed by atoms with Crippen LogP contribution in [0.2, 0.25) is 0 Å². The molecular formula is C66H111NO8P+. The molecule has 0 radical (unpaired) electrons. The second-order valence-electron chi connectivity index (χ2n) is 20.6. The number of rotatable bonds is 53. The van der Waals surface area contributed by atoms with Crippen LogP contribution in [0, 0.1) is 0 Å². The van der Waals surface area contributed by atoms with Gasteiger partial charge in [0.2, 0.25) is 0 Å². The van der Waals surface area contributed by atoms with E-state index in [0.29, 0.717) is 17.4 Å². The number of esters is 2. The number of likely N-dealkylation sites (N-methyl/N-ethyl adjacent to an activating group) is 1. The number of carbonyl (C=O) groups is 2. The van der Waals surface area contributed by atoms with E-state index < -0.39 is 26.5 Å². The molecule has 0 amide bonds. The van der Waals surface area contributed by atoms with Gasteiger partial charge in [-0.2, -0.15) is 0 Å². The first-order valence-electron chi connectivity index (χ1n) is 29.9. The summed E-state index contributed by atoms with van der Waals surface area (Å²) in [6.45, 7) is 4.25. The molecule has 2 atom stereocenters. The van der Waals surface area contributed by atoms with Crippen molar-refractivity contribution in [2.45, 2.75) is 225 Å². The average molecular weight is 1080 g/mol. The van der Waals surface area contributed by atoms with Gasteiger partial charge in [0.15, 0.2) is 6.10 Å². The first-order chi connectivity index (χ1) is 37.0. The smallest absolute Gasteiger partial charge is 0.462 e. The summed E-state index contributed by atoms with van der Waals surface area (Å²) in [5, 5.41) is 0. The van der Waals surface area contributed by atoms with Gasteiger partial charge in [-0.05, 0) is 116 Å². The standard InChI is InChI=1S/C66H110NO8P/c1-6-8-10-12-14-16-18-20-22-24-26-27-28-29-30-31-32-33-34-35-36-37-38-39-41-43-45-47-49-51-53-55-57-59-66(69)75-64(63-74-76(70,71)73-61-60-67(3,4)5)62-72-65(68)58-56-54-52-50-48-46-44-42-40-25-23-21-19-17-15-13-11-9-7-2/h8,10,14-17,20-23,26-27,29-30,32-33,35-36,38-40,42,64H,6-7,9,11-13,18-19,24-25,28,31,34,37,41,43-63H2,1-5H3/p+1/b10-8-,16-14-,17-15-,22-20-,23-21-,27-26-,30-29-,33-32-,36-35-,39-38-,42-40-. The lowest BCUT2D eigenvalue weighted by atomic mass is 10.1. The number of hydrogen-bond acceptors (Lipinski definition) is 7. The Kier molecular flexibility index (Phi) is 53.1. The summed E-state index contributed by atoms with van der Waals surface area (Å²) in [7, 11) is 1.44. The maximum absolute atomic E-state index is 12.8. The number of phosphoric ester groups is 1. The largest absolute Gasteiger partial charge is 0.472 e. The van der Waals surface area contributed by atoms with E-state index in [2.05, 4.69) is 148 Å². The minimum Gasteiger partial charge on any atom is -0.462 e. The van der Waals surface area contributed by atoms with E-state index in [4.69, 9.17) is 18.5 Å². The summed E-state index contributed by atoms with van der Waals surface area (Å²) in [5.41, 5.74) is 0. The molecule has 0 saturated carbocycles. The van der Waals surface area contributed by atoms with Crippen LogP contribution in [0.15, 0.2) is 134 Å². The number of phosphoric acid groups is 1. The molecule has 0 rings (SSSR count). The van der Waals surface area contributed by atoms with E-state index in [1.807, 2.05) is 21.1 Å². The molecule has 0 spiro atoms. The van der Waals surface area contributed by atoms with E-state index in [-0.39, 0.29) is 32.0 Å². The molecule has 9 nitrogen and oxygen atoms in total. The zero-order valence-electron chi connectivity index (χ0n) is 48.9. The quantitative estimate of drug-likeness (QED) is 0.0211. The molecule has 432 valence electrons. The molecular weight excluding hydrogens is 966 g/mol. The predicted octanol–water partition coefficient (Wildman–Crippen LogP) is 18.9. The Morgan fingerprint density at radius 1 is 0.421 bits per heavy atom. The number of hydrogen-bond donors (Lipinski definition) is 1. The lowest BCUT2D eigenvalue weighted by Crippen LogP contribution is -2.37. The first-order valence-corrected chi connectivity index (χ1v) is 31.4. The van der Waals surface area contributed by atoms with Gasteiger partial charge in [-0.25, -0.2) is 4.57 Å². The van der Waals surface area contributed by atoms with Crippen LogP contribution in [0.4, 0.5) is 0 Å². The summed E-state index contributed by atoms with van der Waals surface area (Å²) < 4.78 is 34.6. The number of ether oxygens (including phenoxy) is 2. The second kappa shape index (κ2) is 55.9. The third-order valence-corrected chi connectivity index (χ3v) is 13.1. The maximum atomic E-state index is 12.8. The number of carbonyl (C=O) groups excluding carboxylic acids is 2. The Morgan fingerprint density at radius 2 is 0.750 bits per heavy atom. The number of nitrogens with zero attached hydrogens (tertiary/aromatic N) is 1. The fourth-order valence-electron chi connectivity index (χ4n) is 7.57. The van der Waals surface area contributed by atoms with Crippen LogP contribution in [-0.2, 0) is 32.7 Å². The highest BCUT2D eigenvalue weighted by atomic mass is 31.2. The van der Waals surface area contributed by atoms with Gasteiger partial charge in [0.05, 0.1) is 27.7 Å². The zero-order valence-corrected chi connectivity index (χ0v) is 49.8. The van der Waals surface area contributed by atoms with Crippen molar-refractivity contribution in [1.82, 2.24) is 0 Å². The van der Waals surface area contributed by atoms with Gasteiger partial charge < -0.3 is 18.9 Å². The van der Waals surface area contributed by atoms with Crippen LogP contribution < -0.4 is 0 Å². The van der Waals surface area contributed by atoms with Crippen molar-refractivity contribution in [2.24, 2.45) is 0 Å². The normalized spacial score (nSPS) is 14.2. The van der Waals surface area contributed by atoms with Crippen LogP contribution in [0.25, 0.3) is 0 Å². The van der Waals surface area contributed by atoms with Crippen molar-refractivity contribution in [1.29, 1.82) is 0 Å². The number of unbranched alkanes of at least 4 members (excludes halogenated alkanes) is 17. The molecule has 2 unspecified atom stereocenters. The van der Waals surface area contributed by atoms with Crippen LogP contribution in [0.1, 0.15) is 219 Å². The molecule has 0 bridgehead atoms. The molecule has 0 aromatic carbocycles. The van der Waals surface area contributed by atoms with Gasteiger partial charge in [-0.15, -0.1) is 0 Å². The average Bonchev–Trinajstić information content (AvgIpc) is 3.38. The van der Waals surface area contributed by atoms with Gasteiger partial charge in [-0.1, -0.05) is 225 Å². The van der Waals surface area contributed by atoms with E-state index in [9.17, 15) is 19.0 Å². The van der Waals surface area contributed by atoms with E-state index in [1.165, 1.54) is 64.2 Å². The number of quaternary nitrogens is 1. The van der Waals surface area contributed by atoms with Gasteiger partial charge in [-0.3, -0.25) is 18.6 Å². The van der Waals surface area contributed by atoms with Crippen LogP contribution in [-0.4, -0.2) is 74.9 Å². The summed E-state index contributed by atoms with van der Waals surface area (Å²) in [4.78, 5) is 35.7. The molecule has 0 saturated heterocycles. The predicted molar refractivity (Wildman–Crippen MR) is 325 cm³/mol. The van der Waals surface area contributed by atoms with E-state index >= 15 is 0 Å². The van der Waals surface area contributed by atoms with Crippen LogP contribution in [0.3, 0.4) is 0 Å². The Hall–Kier alpha value is -3.85.